The van der Waals surface area contributed by atoms with Crippen molar-refractivity contribution < 1.29 is 9.13 Å². The molecule has 1 N–H and O–H groups in total. The Morgan fingerprint density at radius 1 is 1.52 bits per heavy atom. The van der Waals surface area contributed by atoms with Crippen LogP contribution >= 0.6 is 11.6 Å². The van der Waals surface area contributed by atoms with Gasteiger partial charge in [-0.05, 0) is 19.4 Å². The quantitative estimate of drug-likeness (QED) is 0.850. The van der Waals surface area contributed by atoms with E-state index in [0.29, 0.717) is 31.1 Å². The van der Waals surface area contributed by atoms with E-state index < -0.39 is 11.5 Å². The largest absolute Gasteiger partial charge is 0.379 e. The number of hydrogen-bond acceptors (Lipinski definition) is 5. The smallest absolute Gasteiger partial charge is 0.272 e. The monoisotopic (exact) mass is 338 g/mol. The van der Waals surface area contributed by atoms with Crippen molar-refractivity contribution in [2.24, 2.45) is 0 Å². The van der Waals surface area contributed by atoms with Gasteiger partial charge >= 0.3 is 0 Å². The number of aromatic nitrogens is 3. The summed E-state index contributed by atoms with van der Waals surface area (Å²) in [7, 11) is 0. The van der Waals surface area contributed by atoms with Crippen LogP contribution in [0.2, 0.25) is 5.02 Å². The molecule has 0 saturated carbocycles. The van der Waals surface area contributed by atoms with Gasteiger partial charge in [0.1, 0.15) is 10.8 Å². The summed E-state index contributed by atoms with van der Waals surface area (Å²) in [6.07, 6.45) is 2.13. The summed E-state index contributed by atoms with van der Waals surface area (Å²) in [4.78, 5) is 24.6. The second kappa shape index (κ2) is 6.64. The number of hydrogen-bond donors (Lipinski definition) is 1. The maximum atomic E-state index is 13.3. The molecule has 6 nitrogen and oxygen atoms in total. The maximum absolute atomic E-state index is 13.3. The molecule has 1 atom stereocenters. The molecule has 1 fully saturated rings. The van der Waals surface area contributed by atoms with Crippen LogP contribution in [-0.2, 0) is 4.74 Å². The highest BCUT2D eigenvalue weighted by Gasteiger charge is 2.23. The Bertz CT molecular complexity index is 767. The molecule has 0 bridgehead atoms. The van der Waals surface area contributed by atoms with Gasteiger partial charge in [-0.3, -0.25) is 4.79 Å². The van der Waals surface area contributed by atoms with Gasteiger partial charge in [0.05, 0.1) is 12.6 Å². The van der Waals surface area contributed by atoms with E-state index in [1.807, 2.05) is 11.8 Å². The summed E-state index contributed by atoms with van der Waals surface area (Å²) in [5.74, 6) is 0.00638. The Morgan fingerprint density at radius 2 is 2.35 bits per heavy atom. The molecule has 2 aromatic rings. The molecule has 3 heterocycles. The number of pyridine rings is 1. The number of nitrogens with one attached hydrogen (secondary N) is 1. The van der Waals surface area contributed by atoms with Gasteiger partial charge in [-0.1, -0.05) is 11.6 Å². The van der Waals surface area contributed by atoms with Crippen LogP contribution in [-0.4, -0.2) is 40.8 Å². The molecule has 0 radical (unpaired) electrons. The van der Waals surface area contributed by atoms with Crippen molar-refractivity contribution in [3.8, 4) is 11.4 Å². The number of H-pyrrole nitrogens is 1. The first-order valence-corrected chi connectivity index (χ1v) is 7.70. The van der Waals surface area contributed by atoms with Gasteiger partial charge in [0, 0.05) is 31.0 Å². The van der Waals surface area contributed by atoms with E-state index in [2.05, 4.69) is 15.0 Å². The van der Waals surface area contributed by atoms with E-state index in [9.17, 15) is 9.18 Å². The lowest BCUT2D eigenvalue weighted by atomic mass is 10.2. The molecule has 1 aliphatic rings. The first-order chi connectivity index (χ1) is 11.1. The van der Waals surface area contributed by atoms with Gasteiger partial charge in [-0.25, -0.2) is 9.97 Å². The maximum Gasteiger partial charge on any atom is 0.272 e. The van der Waals surface area contributed by atoms with Crippen molar-refractivity contribution in [1.82, 2.24) is 15.0 Å². The minimum atomic E-state index is -0.641. The summed E-state index contributed by atoms with van der Waals surface area (Å²) in [6.45, 7) is 3.85. The minimum absolute atomic E-state index is 0.0250. The summed E-state index contributed by atoms with van der Waals surface area (Å²) < 4.78 is 18.8. The van der Waals surface area contributed by atoms with Crippen LogP contribution in [0.4, 0.5) is 10.2 Å². The SMILES string of the molecule is CC1COCCCN1c1nc(-c2ccnc(F)c2)[nH]c(=O)c1Cl. The Kier molecular flexibility index (Phi) is 4.58. The molecule has 0 spiro atoms. The molecule has 1 unspecified atom stereocenters. The fourth-order valence-corrected chi connectivity index (χ4v) is 2.74. The minimum Gasteiger partial charge on any atom is -0.379 e. The number of anilines is 1. The average Bonchev–Trinajstić information content (AvgIpc) is 2.74. The Balaban J connectivity index is 2.08. The molecule has 0 aliphatic carbocycles. The predicted octanol–water partition coefficient (Wildman–Crippen LogP) is 2.24. The first kappa shape index (κ1) is 15.9. The van der Waals surface area contributed by atoms with E-state index in [-0.39, 0.29) is 16.9 Å². The third kappa shape index (κ3) is 3.35. The van der Waals surface area contributed by atoms with Crippen molar-refractivity contribution in [3.05, 3.63) is 39.7 Å². The number of ether oxygens (including phenoxy) is 1. The second-order valence-electron chi connectivity index (χ2n) is 5.39. The van der Waals surface area contributed by atoms with Crippen molar-refractivity contribution >= 4 is 17.4 Å². The van der Waals surface area contributed by atoms with Gasteiger partial charge in [-0.15, -0.1) is 0 Å². The van der Waals surface area contributed by atoms with Crippen LogP contribution in [0, 0.1) is 5.95 Å². The fraction of sp³-hybridized carbons (Fsp3) is 0.400. The molecule has 1 aliphatic heterocycles. The topological polar surface area (TPSA) is 71.1 Å². The zero-order valence-corrected chi connectivity index (χ0v) is 13.3. The standard InChI is InChI=1S/C15H16ClFN4O2/c1-9-8-23-6-2-5-21(9)14-12(16)15(22)20-13(19-14)10-3-4-18-11(17)7-10/h3-4,7,9H,2,5-6,8H2,1H3,(H,19,20,22). The molecule has 0 amide bonds. The van der Waals surface area contributed by atoms with E-state index in [4.69, 9.17) is 16.3 Å². The zero-order chi connectivity index (χ0) is 16.4. The fourth-order valence-electron chi connectivity index (χ4n) is 2.54. The number of halogens is 2. The molecule has 2 aromatic heterocycles. The van der Waals surface area contributed by atoms with Crippen LogP contribution in [0.25, 0.3) is 11.4 Å². The van der Waals surface area contributed by atoms with Crippen LogP contribution in [0.1, 0.15) is 13.3 Å². The van der Waals surface area contributed by atoms with Gasteiger partial charge in [0.25, 0.3) is 5.56 Å². The Hall–Kier alpha value is -1.99. The molecule has 8 heteroatoms. The third-order valence-corrected chi connectivity index (χ3v) is 4.04. The van der Waals surface area contributed by atoms with Crippen molar-refractivity contribution in [2.75, 3.05) is 24.7 Å². The van der Waals surface area contributed by atoms with Crippen LogP contribution in [0.3, 0.4) is 0 Å². The zero-order valence-electron chi connectivity index (χ0n) is 12.6. The highest BCUT2D eigenvalue weighted by atomic mass is 35.5. The molecule has 0 aromatic carbocycles. The van der Waals surface area contributed by atoms with Crippen LogP contribution in [0.15, 0.2) is 23.1 Å². The summed E-state index contributed by atoms with van der Waals surface area (Å²) in [5, 5.41) is 0.0250. The van der Waals surface area contributed by atoms with E-state index in [1.54, 1.807) is 6.07 Å². The highest BCUT2D eigenvalue weighted by molar-refractivity contribution is 6.32. The Morgan fingerprint density at radius 3 is 3.13 bits per heavy atom. The average molecular weight is 339 g/mol. The summed E-state index contributed by atoms with van der Waals surface area (Å²) in [6, 6.07) is 2.82. The highest BCUT2D eigenvalue weighted by Crippen LogP contribution is 2.26. The lowest BCUT2D eigenvalue weighted by molar-refractivity contribution is 0.137. The van der Waals surface area contributed by atoms with Gasteiger partial charge in [0.2, 0.25) is 5.95 Å². The lowest BCUT2D eigenvalue weighted by Gasteiger charge is -2.28. The second-order valence-corrected chi connectivity index (χ2v) is 5.77. The summed E-state index contributed by atoms with van der Waals surface area (Å²) >= 11 is 6.16. The van der Waals surface area contributed by atoms with Crippen molar-refractivity contribution in [3.63, 3.8) is 0 Å². The van der Waals surface area contributed by atoms with Gasteiger partial charge < -0.3 is 14.6 Å². The molecule has 23 heavy (non-hydrogen) atoms. The summed E-state index contributed by atoms with van der Waals surface area (Å²) in [5.41, 5.74) is -0.0208. The lowest BCUT2D eigenvalue weighted by Crippen LogP contribution is -2.37. The number of aromatic amines is 1. The number of nitrogens with zero attached hydrogens (tertiary/aromatic N) is 3. The van der Waals surface area contributed by atoms with E-state index in [0.717, 1.165) is 6.42 Å². The van der Waals surface area contributed by atoms with E-state index in [1.165, 1.54) is 12.3 Å². The van der Waals surface area contributed by atoms with Crippen molar-refractivity contribution in [2.45, 2.75) is 19.4 Å². The van der Waals surface area contributed by atoms with Gasteiger partial charge in [-0.2, -0.15) is 4.39 Å². The molecule has 3 rings (SSSR count). The van der Waals surface area contributed by atoms with Gasteiger partial charge in [0.15, 0.2) is 5.82 Å². The Labute approximate surface area is 137 Å². The van der Waals surface area contributed by atoms with Crippen LogP contribution < -0.4 is 10.5 Å². The molecule has 1 saturated heterocycles. The van der Waals surface area contributed by atoms with E-state index >= 15 is 0 Å². The molecule has 122 valence electrons. The predicted molar refractivity (Wildman–Crippen MR) is 85.3 cm³/mol. The van der Waals surface area contributed by atoms with Crippen molar-refractivity contribution in [1.29, 1.82) is 0 Å². The normalized spacial score (nSPS) is 18.7. The first-order valence-electron chi connectivity index (χ1n) is 7.32. The molecular formula is C15H16ClFN4O2. The third-order valence-electron chi connectivity index (χ3n) is 3.70. The number of rotatable bonds is 2. The molecular weight excluding hydrogens is 323 g/mol. The van der Waals surface area contributed by atoms with Crippen LogP contribution in [0.5, 0.6) is 0 Å².